The number of hydrogen-bond donors (Lipinski definition) is 2. The quantitative estimate of drug-likeness (QED) is 0.623. The molecule has 156 valence electrons. The first-order chi connectivity index (χ1) is 14.6. The third kappa shape index (κ3) is 3.87. The Morgan fingerprint density at radius 1 is 1.07 bits per heavy atom. The van der Waals surface area contributed by atoms with E-state index in [0.29, 0.717) is 13.2 Å². The second-order valence-corrected chi connectivity index (χ2v) is 6.92. The summed E-state index contributed by atoms with van der Waals surface area (Å²) in [7, 11) is 3.81. The molecule has 0 radical (unpaired) electrons. The van der Waals surface area contributed by atoms with Gasteiger partial charge in [0.05, 0.1) is 24.2 Å². The minimum absolute atomic E-state index is 0.276. The van der Waals surface area contributed by atoms with Crippen molar-refractivity contribution in [2.24, 2.45) is 7.05 Å². The normalized spacial score (nSPS) is 14.3. The molecule has 3 aromatic rings. The molecule has 2 heterocycles. The molecule has 0 amide bonds. The molecular weight excluding hydrogens is 383 g/mol. The summed E-state index contributed by atoms with van der Waals surface area (Å²) in [6, 6.07) is 16.5. The Kier molecular flexibility index (Phi) is 5.69. The van der Waals surface area contributed by atoms with E-state index in [4.69, 9.17) is 4.84 Å². The second-order valence-electron chi connectivity index (χ2n) is 6.92. The lowest BCUT2D eigenvalue weighted by atomic mass is 10.1. The molecule has 0 fully saturated rings. The molecule has 1 aromatic heterocycles. The summed E-state index contributed by atoms with van der Waals surface area (Å²) in [5, 5.41) is 6.82. The van der Waals surface area contributed by atoms with Crippen LogP contribution < -0.4 is 10.7 Å². The number of imidazole rings is 1. The van der Waals surface area contributed by atoms with Gasteiger partial charge in [0.25, 0.3) is 0 Å². The van der Waals surface area contributed by atoms with Crippen molar-refractivity contribution in [3.8, 4) is 0 Å². The molecule has 7 nitrogen and oxygen atoms in total. The molecule has 2 N–H and O–H groups in total. The van der Waals surface area contributed by atoms with Crippen molar-refractivity contribution in [2.45, 2.75) is 13.5 Å². The van der Waals surface area contributed by atoms with Gasteiger partial charge in [-0.2, -0.15) is 5.17 Å². The van der Waals surface area contributed by atoms with Gasteiger partial charge in [-0.15, -0.1) is 5.12 Å². The number of hydroxylamine groups is 1. The van der Waals surface area contributed by atoms with E-state index in [-0.39, 0.29) is 5.82 Å². The van der Waals surface area contributed by atoms with E-state index in [1.165, 1.54) is 17.7 Å². The van der Waals surface area contributed by atoms with Gasteiger partial charge < -0.3 is 9.88 Å². The number of hydrogen-bond acceptors (Lipinski definition) is 6. The van der Waals surface area contributed by atoms with Crippen molar-refractivity contribution in [1.82, 2.24) is 25.3 Å². The van der Waals surface area contributed by atoms with Crippen LogP contribution >= 0.6 is 0 Å². The van der Waals surface area contributed by atoms with E-state index >= 15 is 0 Å². The van der Waals surface area contributed by atoms with Crippen LogP contribution in [-0.2, 0) is 18.4 Å². The Morgan fingerprint density at radius 3 is 2.50 bits per heavy atom. The van der Waals surface area contributed by atoms with Gasteiger partial charge in [0, 0.05) is 26.2 Å². The Bertz CT molecular complexity index is 1030. The first-order valence-corrected chi connectivity index (χ1v) is 9.82. The molecule has 0 aliphatic carbocycles. The van der Waals surface area contributed by atoms with E-state index in [1.807, 2.05) is 43.8 Å². The summed E-state index contributed by atoms with van der Waals surface area (Å²) < 4.78 is 15.4. The Balaban J connectivity index is 1.70. The first kappa shape index (κ1) is 19.9. The number of benzene rings is 2. The predicted molar refractivity (Wildman–Crippen MR) is 115 cm³/mol. The molecule has 0 spiro atoms. The first-order valence-electron chi connectivity index (χ1n) is 9.82. The van der Waals surface area contributed by atoms with Gasteiger partial charge in [0.2, 0.25) is 5.95 Å². The topological polar surface area (TPSA) is 57.6 Å². The minimum atomic E-state index is -0.276. The smallest absolute Gasteiger partial charge is 0.203 e. The molecule has 0 atom stereocenters. The lowest BCUT2D eigenvalue weighted by molar-refractivity contribution is -0.231. The van der Waals surface area contributed by atoms with Gasteiger partial charge in [-0.25, -0.2) is 9.37 Å². The lowest BCUT2D eigenvalue weighted by Gasteiger charge is -2.26. The van der Waals surface area contributed by atoms with Gasteiger partial charge >= 0.3 is 0 Å². The zero-order valence-corrected chi connectivity index (χ0v) is 17.3. The molecule has 30 heavy (non-hydrogen) atoms. The van der Waals surface area contributed by atoms with E-state index in [0.717, 1.165) is 28.6 Å². The minimum Gasteiger partial charge on any atom is -0.352 e. The molecule has 0 saturated carbocycles. The highest BCUT2D eigenvalue weighted by atomic mass is 19.1. The second kappa shape index (κ2) is 8.56. The number of hydrazine groups is 2. The van der Waals surface area contributed by atoms with E-state index in [9.17, 15) is 4.39 Å². The Hall–Kier alpha value is -3.36. The van der Waals surface area contributed by atoms with Gasteiger partial charge in [0.15, 0.2) is 0 Å². The average Bonchev–Trinajstić information content (AvgIpc) is 3.27. The summed E-state index contributed by atoms with van der Waals surface area (Å²) in [6.07, 6.45) is 1.80. The van der Waals surface area contributed by atoms with Crippen LogP contribution in [0.25, 0.3) is 11.4 Å². The van der Waals surface area contributed by atoms with Gasteiger partial charge in [-0.3, -0.25) is 10.3 Å². The molecular formula is C22H25FN6O. The maximum Gasteiger partial charge on any atom is 0.203 e. The maximum atomic E-state index is 13.5. The number of nitrogens with one attached hydrogen (secondary N) is 2. The summed E-state index contributed by atoms with van der Waals surface area (Å²) >= 11 is 0. The summed E-state index contributed by atoms with van der Waals surface area (Å²) in [5.41, 5.74) is 7.78. The Morgan fingerprint density at radius 2 is 1.80 bits per heavy atom. The zero-order valence-electron chi connectivity index (χ0n) is 17.3. The van der Waals surface area contributed by atoms with Crippen LogP contribution in [0.5, 0.6) is 0 Å². The predicted octanol–water partition coefficient (Wildman–Crippen LogP) is 3.62. The van der Waals surface area contributed by atoms with Crippen molar-refractivity contribution in [2.75, 3.05) is 19.0 Å². The molecule has 2 aromatic carbocycles. The van der Waals surface area contributed by atoms with E-state index in [2.05, 4.69) is 27.9 Å². The molecule has 0 bridgehead atoms. The number of halogens is 1. The van der Waals surface area contributed by atoms with Gasteiger partial charge in [0.1, 0.15) is 11.5 Å². The zero-order chi connectivity index (χ0) is 21.1. The van der Waals surface area contributed by atoms with Crippen LogP contribution in [0.1, 0.15) is 23.7 Å². The molecule has 1 aliphatic heterocycles. The van der Waals surface area contributed by atoms with Crippen molar-refractivity contribution in [1.29, 1.82) is 0 Å². The SMILES string of the molecule is CCON1C(c2cnc(NCc3ccccc3)n2C)=C(c2ccc(F)cc2)NN1C. The fraction of sp³-hybridized carbons (Fsp3) is 0.227. The summed E-state index contributed by atoms with van der Waals surface area (Å²) in [5.74, 6) is 0.465. The van der Waals surface area contributed by atoms with Crippen LogP contribution in [0.15, 0.2) is 60.8 Å². The lowest BCUT2D eigenvalue weighted by Crippen LogP contribution is -2.39. The van der Waals surface area contributed by atoms with E-state index < -0.39 is 0 Å². The van der Waals surface area contributed by atoms with Crippen LogP contribution in [0.3, 0.4) is 0 Å². The van der Waals surface area contributed by atoms with Crippen LogP contribution in [0.4, 0.5) is 10.3 Å². The van der Waals surface area contributed by atoms with Crippen molar-refractivity contribution in [3.63, 3.8) is 0 Å². The highest BCUT2D eigenvalue weighted by Crippen LogP contribution is 2.34. The Labute approximate surface area is 175 Å². The van der Waals surface area contributed by atoms with Gasteiger partial charge in [-0.05, 0) is 36.8 Å². The monoisotopic (exact) mass is 408 g/mol. The molecule has 8 heteroatoms. The molecule has 1 aliphatic rings. The summed E-state index contributed by atoms with van der Waals surface area (Å²) in [6.45, 7) is 3.09. The molecule has 0 unspecified atom stereocenters. The van der Waals surface area contributed by atoms with Crippen molar-refractivity contribution < 1.29 is 9.23 Å². The highest BCUT2D eigenvalue weighted by molar-refractivity contribution is 5.89. The van der Waals surface area contributed by atoms with Crippen LogP contribution in [0, 0.1) is 5.82 Å². The van der Waals surface area contributed by atoms with Crippen LogP contribution in [-0.4, -0.2) is 33.5 Å². The highest BCUT2D eigenvalue weighted by Gasteiger charge is 2.32. The standard InChI is InChI=1S/C22H25FN6O/c1-4-30-29-21(20(26-28(29)3)17-10-12-18(23)13-11-17)19-15-25-22(27(19)2)24-14-16-8-6-5-7-9-16/h5-13,15,26H,4,14H2,1-3H3,(H,24,25). The maximum absolute atomic E-state index is 13.5. The fourth-order valence-corrected chi connectivity index (χ4v) is 3.39. The number of anilines is 1. The third-order valence-corrected chi connectivity index (χ3v) is 4.88. The molecule has 4 rings (SSSR count). The number of aromatic nitrogens is 2. The molecule has 0 saturated heterocycles. The number of rotatable bonds is 7. The third-order valence-electron chi connectivity index (χ3n) is 4.88. The average molecular weight is 408 g/mol. The largest absolute Gasteiger partial charge is 0.352 e. The van der Waals surface area contributed by atoms with Crippen molar-refractivity contribution >= 4 is 17.3 Å². The van der Waals surface area contributed by atoms with Gasteiger partial charge in [-0.1, -0.05) is 30.3 Å². The summed E-state index contributed by atoms with van der Waals surface area (Å²) in [4.78, 5) is 10.4. The fourth-order valence-electron chi connectivity index (χ4n) is 3.39. The van der Waals surface area contributed by atoms with E-state index in [1.54, 1.807) is 28.6 Å². The van der Waals surface area contributed by atoms with Crippen LogP contribution in [0.2, 0.25) is 0 Å². The number of nitrogens with zero attached hydrogens (tertiary/aromatic N) is 4. The van der Waals surface area contributed by atoms with Crippen molar-refractivity contribution in [3.05, 3.63) is 83.4 Å².